The van der Waals surface area contributed by atoms with Gasteiger partial charge >= 0.3 is 0 Å². The molecule has 6 rings (SSSR count). The molecule has 10 nitrogen and oxygen atoms in total. The van der Waals surface area contributed by atoms with Gasteiger partial charge in [0.2, 0.25) is 0 Å². The van der Waals surface area contributed by atoms with Crippen molar-refractivity contribution >= 4 is 34.0 Å². The van der Waals surface area contributed by atoms with Crippen LogP contribution < -0.4 is 30.4 Å². The Morgan fingerprint density at radius 2 is 1.56 bits per heavy atom. The van der Waals surface area contributed by atoms with Gasteiger partial charge in [-0.3, -0.25) is 14.6 Å². The van der Waals surface area contributed by atoms with Crippen molar-refractivity contribution in [3.8, 4) is 23.0 Å². The van der Waals surface area contributed by atoms with Crippen molar-refractivity contribution in [1.82, 2.24) is 14.5 Å². The Morgan fingerprint density at radius 1 is 0.822 bits per heavy atom. The number of hydrogen-bond acceptors (Lipinski definition) is 8. The summed E-state index contributed by atoms with van der Waals surface area (Å²) in [5, 5.41) is 6.69. The molecule has 1 amide bonds. The van der Waals surface area contributed by atoms with Crippen LogP contribution in [0.1, 0.15) is 15.9 Å². The fourth-order valence-electron chi connectivity index (χ4n) is 4.84. The molecule has 3 aromatic heterocycles. The lowest BCUT2D eigenvalue weighted by molar-refractivity contribution is 0.102. The van der Waals surface area contributed by atoms with Gasteiger partial charge in [-0.25, -0.2) is 4.98 Å². The number of pyridine rings is 3. The summed E-state index contributed by atoms with van der Waals surface area (Å²) < 4.78 is 18.4. The third-order valence-electron chi connectivity index (χ3n) is 7.05. The third kappa shape index (κ3) is 6.45. The molecular formula is C35H29N5O5. The van der Waals surface area contributed by atoms with Gasteiger partial charge in [0.1, 0.15) is 22.9 Å². The van der Waals surface area contributed by atoms with E-state index in [9.17, 15) is 9.59 Å². The molecule has 10 heteroatoms. The molecule has 0 aliphatic heterocycles. The highest BCUT2D eigenvalue weighted by Gasteiger charge is 2.20. The van der Waals surface area contributed by atoms with Crippen LogP contribution in [0, 0.1) is 0 Å². The van der Waals surface area contributed by atoms with E-state index in [4.69, 9.17) is 14.2 Å². The van der Waals surface area contributed by atoms with Crippen molar-refractivity contribution < 1.29 is 19.0 Å². The molecule has 0 bridgehead atoms. The van der Waals surface area contributed by atoms with E-state index in [1.54, 1.807) is 63.0 Å². The second kappa shape index (κ2) is 13.0. The van der Waals surface area contributed by atoms with E-state index in [-0.39, 0.29) is 11.4 Å². The van der Waals surface area contributed by atoms with Gasteiger partial charge in [-0.15, -0.1) is 0 Å². The number of nitrogens with one attached hydrogen (secondary N) is 2. The van der Waals surface area contributed by atoms with E-state index in [0.717, 1.165) is 16.6 Å². The average Bonchev–Trinajstić information content (AvgIpc) is 3.07. The molecule has 0 atom stereocenters. The summed E-state index contributed by atoms with van der Waals surface area (Å²) >= 11 is 0. The smallest absolute Gasteiger partial charge is 0.265 e. The standard InChI is InChI=1S/C35H29N5O5/c1-43-30-19-26-28(20-31(30)44-2)36-17-15-29(26)45-25-13-14-32(37-21-25)39-34(41)33-27(38-24-11-7-4-8-12-24)16-18-40(35(33)42)22-23-9-5-3-6-10-23/h3-21,38H,22H2,1-2H3,(H,37,39,41). The summed E-state index contributed by atoms with van der Waals surface area (Å²) in [6.07, 6.45) is 4.80. The zero-order valence-electron chi connectivity index (χ0n) is 24.6. The molecular weight excluding hydrogens is 570 g/mol. The summed E-state index contributed by atoms with van der Waals surface area (Å²) in [4.78, 5) is 36.1. The second-order valence-corrected chi connectivity index (χ2v) is 9.98. The van der Waals surface area contributed by atoms with E-state index < -0.39 is 11.5 Å². The van der Waals surface area contributed by atoms with E-state index in [1.165, 1.54) is 10.8 Å². The minimum absolute atomic E-state index is 0.0351. The van der Waals surface area contributed by atoms with Crippen molar-refractivity contribution in [1.29, 1.82) is 0 Å². The van der Waals surface area contributed by atoms with Crippen molar-refractivity contribution in [2.24, 2.45) is 0 Å². The zero-order valence-corrected chi connectivity index (χ0v) is 24.6. The van der Waals surface area contributed by atoms with E-state index in [0.29, 0.717) is 40.7 Å². The minimum atomic E-state index is -0.594. The number of para-hydroxylation sites is 1. The first kappa shape index (κ1) is 28.9. The van der Waals surface area contributed by atoms with Gasteiger partial charge in [0, 0.05) is 29.5 Å². The third-order valence-corrected chi connectivity index (χ3v) is 7.05. The molecule has 0 fully saturated rings. The maximum atomic E-state index is 13.7. The fourth-order valence-corrected chi connectivity index (χ4v) is 4.84. The highest BCUT2D eigenvalue weighted by Crippen LogP contribution is 2.36. The first-order valence-corrected chi connectivity index (χ1v) is 14.1. The van der Waals surface area contributed by atoms with Crippen LogP contribution in [-0.2, 0) is 6.54 Å². The number of rotatable bonds is 10. The predicted octanol–water partition coefficient (Wildman–Crippen LogP) is 6.65. The van der Waals surface area contributed by atoms with Crippen LogP contribution >= 0.6 is 0 Å². The number of benzene rings is 3. The molecule has 224 valence electrons. The molecule has 0 aliphatic rings. The van der Waals surface area contributed by atoms with Crippen LogP contribution in [0.2, 0.25) is 0 Å². The number of hydrogen-bond donors (Lipinski definition) is 2. The maximum absolute atomic E-state index is 13.7. The second-order valence-electron chi connectivity index (χ2n) is 9.98. The molecule has 0 saturated heterocycles. The van der Waals surface area contributed by atoms with Gasteiger partial charge in [0.25, 0.3) is 11.5 Å². The molecule has 0 spiro atoms. The monoisotopic (exact) mass is 599 g/mol. The summed E-state index contributed by atoms with van der Waals surface area (Å²) in [5.74, 6) is 1.74. The number of fused-ring (bicyclic) bond motifs is 1. The highest BCUT2D eigenvalue weighted by atomic mass is 16.5. The van der Waals surface area contributed by atoms with Crippen LogP contribution in [0.5, 0.6) is 23.0 Å². The van der Waals surface area contributed by atoms with E-state index in [1.807, 2.05) is 60.7 Å². The lowest BCUT2D eigenvalue weighted by atomic mass is 10.1. The van der Waals surface area contributed by atoms with Crippen LogP contribution in [0.15, 0.2) is 120 Å². The first-order valence-electron chi connectivity index (χ1n) is 14.1. The molecule has 0 aliphatic carbocycles. The Hall–Kier alpha value is -6.16. The summed E-state index contributed by atoms with van der Waals surface area (Å²) in [6, 6.07) is 29.2. The van der Waals surface area contributed by atoms with Crippen LogP contribution in [0.25, 0.3) is 10.9 Å². The summed E-state index contributed by atoms with van der Waals surface area (Å²) in [5.41, 5.74) is 2.26. The number of methoxy groups -OCH3 is 2. The lowest BCUT2D eigenvalue weighted by Gasteiger charge is -2.15. The van der Waals surface area contributed by atoms with Gasteiger partial charge in [-0.1, -0.05) is 48.5 Å². The highest BCUT2D eigenvalue weighted by molar-refractivity contribution is 6.07. The molecule has 2 N–H and O–H groups in total. The van der Waals surface area contributed by atoms with E-state index in [2.05, 4.69) is 20.6 Å². The lowest BCUT2D eigenvalue weighted by Crippen LogP contribution is -2.30. The van der Waals surface area contributed by atoms with Gasteiger partial charge in [-0.05, 0) is 48.0 Å². The zero-order chi connectivity index (χ0) is 31.2. The number of amides is 1. The number of anilines is 3. The molecule has 0 radical (unpaired) electrons. The largest absolute Gasteiger partial charge is 0.493 e. The molecule has 3 heterocycles. The SMILES string of the molecule is COc1cc2nccc(Oc3ccc(NC(=O)c4c(Nc5ccccc5)ccn(Cc5ccccc5)c4=O)nc3)c2cc1OC. The van der Waals surface area contributed by atoms with Crippen LogP contribution in [0.3, 0.4) is 0 Å². The van der Waals surface area contributed by atoms with Crippen molar-refractivity contribution in [2.75, 3.05) is 24.9 Å². The predicted molar refractivity (Wildman–Crippen MR) is 173 cm³/mol. The number of aromatic nitrogens is 3. The number of carbonyl (C=O) groups excluding carboxylic acids is 1. The van der Waals surface area contributed by atoms with Crippen LogP contribution in [0.4, 0.5) is 17.2 Å². The van der Waals surface area contributed by atoms with Gasteiger partial charge in [0.15, 0.2) is 11.5 Å². The number of carbonyl (C=O) groups is 1. The fraction of sp³-hybridized carbons (Fsp3) is 0.0857. The normalized spacial score (nSPS) is 10.7. The minimum Gasteiger partial charge on any atom is -0.493 e. The number of nitrogens with zero attached hydrogens (tertiary/aromatic N) is 3. The van der Waals surface area contributed by atoms with Crippen LogP contribution in [-0.4, -0.2) is 34.7 Å². The Morgan fingerprint density at radius 3 is 2.27 bits per heavy atom. The first-order chi connectivity index (χ1) is 22.0. The average molecular weight is 600 g/mol. The van der Waals surface area contributed by atoms with E-state index >= 15 is 0 Å². The summed E-state index contributed by atoms with van der Waals surface area (Å²) in [7, 11) is 3.13. The Balaban J connectivity index is 1.25. The molecule has 3 aromatic carbocycles. The quantitative estimate of drug-likeness (QED) is 0.180. The topological polar surface area (TPSA) is 117 Å². The maximum Gasteiger partial charge on any atom is 0.265 e. The molecule has 0 saturated carbocycles. The molecule has 6 aromatic rings. The number of ether oxygens (including phenoxy) is 3. The Labute approximate surface area is 258 Å². The Bertz CT molecular complexity index is 2010. The summed E-state index contributed by atoms with van der Waals surface area (Å²) in [6.45, 7) is 0.318. The van der Waals surface area contributed by atoms with Crippen molar-refractivity contribution in [3.05, 3.63) is 137 Å². The van der Waals surface area contributed by atoms with Crippen molar-refractivity contribution in [2.45, 2.75) is 6.54 Å². The van der Waals surface area contributed by atoms with Gasteiger partial charge in [-0.2, -0.15) is 0 Å². The Kier molecular flexibility index (Phi) is 8.36. The molecule has 0 unspecified atom stereocenters. The van der Waals surface area contributed by atoms with Gasteiger partial charge < -0.3 is 29.4 Å². The molecule has 45 heavy (non-hydrogen) atoms. The van der Waals surface area contributed by atoms with Crippen molar-refractivity contribution in [3.63, 3.8) is 0 Å². The van der Waals surface area contributed by atoms with Gasteiger partial charge in [0.05, 0.1) is 38.2 Å².